The van der Waals surface area contributed by atoms with Crippen molar-refractivity contribution < 1.29 is 0 Å². The van der Waals surface area contributed by atoms with Gasteiger partial charge in [0.25, 0.3) is 5.56 Å². The van der Waals surface area contributed by atoms with Crippen LogP contribution >= 0.6 is 0 Å². The van der Waals surface area contributed by atoms with Crippen LogP contribution in [0.15, 0.2) is 10.9 Å². The van der Waals surface area contributed by atoms with Gasteiger partial charge in [0.1, 0.15) is 0 Å². The Bertz CT molecular complexity index is 512. The van der Waals surface area contributed by atoms with Gasteiger partial charge in [-0.2, -0.15) is 0 Å². The predicted octanol–water partition coefficient (Wildman–Crippen LogP) is 2.56. The van der Waals surface area contributed by atoms with Crippen LogP contribution in [0.2, 0.25) is 0 Å². The van der Waals surface area contributed by atoms with Gasteiger partial charge in [-0.15, -0.1) is 0 Å². The molecule has 0 amide bonds. The molecule has 104 valence electrons. The summed E-state index contributed by atoms with van der Waals surface area (Å²) in [4.78, 5) is 12.7. The number of fused-ring (bicyclic) bond motifs is 1. The summed E-state index contributed by atoms with van der Waals surface area (Å²) < 4.78 is 2.17. The monoisotopic (exact) mass is 260 g/mol. The Balaban J connectivity index is 2.04. The second-order valence-corrected chi connectivity index (χ2v) is 5.89. The Kier molecular flexibility index (Phi) is 3.74. The highest BCUT2D eigenvalue weighted by Crippen LogP contribution is 2.32. The lowest BCUT2D eigenvalue weighted by molar-refractivity contribution is 0.481. The van der Waals surface area contributed by atoms with Crippen LogP contribution in [0.5, 0.6) is 0 Å². The number of aromatic nitrogens is 1. The SMILES string of the molecule is CCNCc1cc2c(n(C3CCCC3)c1=O)CCC2. The maximum absolute atomic E-state index is 12.7. The normalized spacial score (nSPS) is 19.0. The molecule has 0 atom stereocenters. The molecule has 0 bridgehead atoms. The molecule has 0 aliphatic heterocycles. The van der Waals surface area contributed by atoms with Crippen LogP contribution in [0, 0.1) is 0 Å². The van der Waals surface area contributed by atoms with E-state index in [1.165, 1.54) is 43.4 Å². The van der Waals surface area contributed by atoms with Crippen molar-refractivity contribution in [3.05, 3.63) is 33.2 Å². The number of hydrogen-bond donors (Lipinski definition) is 1. The largest absolute Gasteiger partial charge is 0.313 e. The molecule has 2 aliphatic carbocycles. The molecule has 19 heavy (non-hydrogen) atoms. The van der Waals surface area contributed by atoms with Gasteiger partial charge in [-0.3, -0.25) is 4.79 Å². The molecule has 2 aliphatic rings. The molecule has 0 saturated heterocycles. The smallest absolute Gasteiger partial charge is 0.255 e. The minimum atomic E-state index is 0.272. The summed E-state index contributed by atoms with van der Waals surface area (Å²) in [5.41, 5.74) is 4.01. The first kappa shape index (κ1) is 12.9. The maximum Gasteiger partial charge on any atom is 0.255 e. The first-order valence-corrected chi connectivity index (χ1v) is 7.78. The van der Waals surface area contributed by atoms with Crippen LogP contribution in [-0.4, -0.2) is 11.1 Å². The van der Waals surface area contributed by atoms with Crippen LogP contribution < -0.4 is 10.9 Å². The van der Waals surface area contributed by atoms with E-state index in [4.69, 9.17) is 0 Å². The number of nitrogens with zero attached hydrogens (tertiary/aromatic N) is 1. The highest BCUT2D eigenvalue weighted by molar-refractivity contribution is 5.31. The summed E-state index contributed by atoms with van der Waals surface area (Å²) in [6.07, 6.45) is 8.41. The minimum absolute atomic E-state index is 0.272. The molecule has 1 fully saturated rings. The van der Waals surface area contributed by atoms with Gasteiger partial charge in [0.2, 0.25) is 0 Å². The average Bonchev–Trinajstić information content (AvgIpc) is 3.06. The molecular formula is C16H24N2O. The van der Waals surface area contributed by atoms with E-state index < -0.39 is 0 Å². The van der Waals surface area contributed by atoms with E-state index >= 15 is 0 Å². The molecule has 0 unspecified atom stereocenters. The molecular weight excluding hydrogens is 236 g/mol. The number of pyridine rings is 1. The standard InChI is InChI=1S/C16H24N2O/c1-2-17-11-13-10-12-6-5-9-15(12)18(16(13)19)14-7-3-4-8-14/h10,14,17H,2-9,11H2,1H3. The topological polar surface area (TPSA) is 34.0 Å². The van der Waals surface area contributed by atoms with E-state index in [9.17, 15) is 4.79 Å². The van der Waals surface area contributed by atoms with E-state index in [1.54, 1.807) is 0 Å². The van der Waals surface area contributed by atoms with Crippen molar-refractivity contribution >= 4 is 0 Å². The lowest BCUT2D eigenvalue weighted by Crippen LogP contribution is -2.31. The third kappa shape index (κ3) is 2.36. The lowest BCUT2D eigenvalue weighted by atomic mass is 10.1. The molecule has 0 radical (unpaired) electrons. The van der Waals surface area contributed by atoms with Gasteiger partial charge < -0.3 is 9.88 Å². The fourth-order valence-electron chi connectivity index (χ4n) is 3.67. The van der Waals surface area contributed by atoms with Gasteiger partial charge in [0.15, 0.2) is 0 Å². The molecule has 3 heteroatoms. The average molecular weight is 260 g/mol. The van der Waals surface area contributed by atoms with Crippen LogP contribution in [0.4, 0.5) is 0 Å². The number of aryl methyl sites for hydroxylation is 1. The molecule has 3 rings (SSSR count). The van der Waals surface area contributed by atoms with Crippen molar-refractivity contribution in [2.45, 2.75) is 64.5 Å². The van der Waals surface area contributed by atoms with Gasteiger partial charge >= 0.3 is 0 Å². The first-order chi connectivity index (χ1) is 9.31. The second-order valence-electron chi connectivity index (χ2n) is 5.89. The Morgan fingerprint density at radius 1 is 1.26 bits per heavy atom. The maximum atomic E-state index is 12.7. The van der Waals surface area contributed by atoms with Gasteiger partial charge in [0.05, 0.1) is 0 Å². The summed E-state index contributed by atoms with van der Waals surface area (Å²) in [6.45, 7) is 3.72. The summed E-state index contributed by atoms with van der Waals surface area (Å²) in [7, 11) is 0. The Hall–Kier alpha value is -1.09. The lowest BCUT2D eigenvalue weighted by Gasteiger charge is -2.20. The second kappa shape index (κ2) is 5.49. The molecule has 1 aromatic rings. The molecule has 1 saturated carbocycles. The third-order valence-corrected chi connectivity index (χ3v) is 4.62. The highest BCUT2D eigenvalue weighted by Gasteiger charge is 2.25. The Labute approximate surface area is 115 Å². The zero-order valence-electron chi connectivity index (χ0n) is 11.9. The molecule has 3 nitrogen and oxygen atoms in total. The Morgan fingerprint density at radius 2 is 2.05 bits per heavy atom. The van der Waals surface area contributed by atoms with E-state index in [1.807, 2.05) is 0 Å². The predicted molar refractivity (Wildman–Crippen MR) is 77.6 cm³/mol. The zero-order valence-corrected chi connectivity index (χ0v) is 11.9. The molecule has 1 heterocycles. The highest BCUT2D eigenvalue weighted by atomic mass is 16.1. The summed E-state index contributed by atoms with van der Waals surface area (Å²) in [5, 5.41) is 3.30. The van der Waals surface area contributed by atoms with E-state index in [0.29, 0.717) is 6.04 Å². The van der Waals surface area contributed by atoms with Crippen LogP contribution in [0.25, 0.3) is 0 Å². The van der Waals surface area contributed by atoms with E-state index in [-0.39, 0.29) is 5.56 Å². The van der Waals surface area contributed by atoms with Crippen LogP contribution in [0.1, 0.15) is 61.9 Å². The number of nitrogens with one attached hydrogen (secondary N) is 1. The van der Waals surface area contributed by atoms with Gasteiger partial charge in [-0.1, -0.05) is 19.8 Å². The van der Waals surface area contributed by atoms with Gasteiger partial charge in [-0.25, -0.2) is 0 Å². The molecule has 1 aromatic heterocycles. The molecule has 1 N–H and O–H groups in total. The van der Waals surface area contributed by atoms with Gasteiger partial charge in [0, 0.05) is 23.8 Å². The van der Waals surface area contributed by atoms with E-state index in [2.05, 4.69) is 22.9 Å². The first-order valence-electron chi connectivity index (χ1n) is 7.78. The van der Waals surface area contributed by atoms with Crippen molar-refractivity contribution in [1.29, 1.82) is 0 Å². The van der Waals surface area contributed by atoms with E-state index in [0.717, 1.165) is 31.5 Å². The quantitative estimate of drug-likeness (QED) is 0.902. The molecule has 0 spiro atoms. The fraction of sp³-hybridized carbons (Fsp3) is 0.688. The minimum Gasteiger partial charge on any atom is -0.313 e. The van der Waals surface area contributed by atoms with Crippen molar-refractivity contribution in [2.75, 3.05) is 6.54 Å². The summed E-state index contributed by atoms with van der Waals surface area (Å²) in [5.74, 6) is 0. The Morgan fingerprint density at radius 3 is 2.79 bits per heavy atom. The van der Waals surface area contributed by atoms with Crippen LogP contribution in [0.3, 0.4) is 0 Å². The summed E-state index contributed by atoms with van der Waals surface area (Å²) in [6, 6.07) is 2.64. The van der Waals surface area contributed by atoms with Crippen molar-refractivity contribution in [1.82, 2.24) is 9.88 Å². The van der Waals surface area contributed by atoms with Crippen molar-refractivity contribution in [2.24, 2.45) is 0 Å². The number of hydrogen-bond acceptors (Lipinski definition) is 2. The number of rotatable bonds is 4. The van der Waals surface area contributed by atoms with Gasteiger partial charge in [-0.05, 0) is 50.3 Å². The zero-order chi connectivity index (χ0) is 13.2. The third-order valence-electron chi connectivity index (χ3n) is 4.62. The summed E-state index contributed by atoms with van der Waals surface area (Å²) >= 11 is 0. The molecule has 0 aromatic carbocycles. The van der Waals surface area contributed by atoms with Crippen LogP contribution in [-0.2, 0) is 19.4 Å². The van der Waals surface area contributed by atoms with Crippen molar-refractivity contribution in [3.8, 4) is 0 Å². The fourth-order valence-corrected chi connectivity index (χ4v) is 3.67. The van der Waals surface area contributed by atoms with Crippen molar-refractivity contribution in [3.63, 3.8) is 0 Å².